The number of amides is 3. The van der Waals surface area contributed by atoms with Crippen LogP contribution in [0.3, 0.4) is 0 Å². The highest BCUT2D eigenvalue weighted by molar-refractivity contribution is 5.86. The van der Waals surface area contributed by atoms with Crippen LogP contribution in [0.2, 0.25) is 0 Å². The molecule has 2 aromatic carbocycles. The lowest BCUT2D eigenvalue weighted by Crippen LogP contribution is -2.53. The summed E-state index contributed by atoms with van der Waals surface area (Å²) in [5.41, 5.74) is 1.76. The third kappa shape index (κ3) is 11.7. The Balaban J connectivity index is 1.51. The SMILES string of the molecule is CC(C)C[C@@H](CN1CC(O)C(NC(=O)[C@H](CC(C)C)NC(=O)OCc2ccccc2)C1)NC(=O)OCc1ccccc1. The number of alkyl carbamates (subject to hydrolysis) is 2. The first-order valence-corrected chi connectivity index (χ1v) is 14.7. The molecule has 10 heteroatoms. The molecule has 1 fully saturated rings. The van der Waals surface area contributed by atoms with Gasteiger partial charge in [0.1, 0.15) is 19.3 Å². The van der Waals surface area contributed by atoms with Gasteiger partial charge in [0, 0.05) is 25.7 Å². The highest BCUT2D eigenvalue weighted by Gasteiger charge is 2.35. The van der Waals surface area contributed by atoms with Crippen molar-refractivity contribution in [2.45, 2.75) is 78.0 Å². The molecule has 2 unspecified atom stereocenters. The number of hydrogen-bond donors (Lipinski definition) is 4. The topological polar surface area (TPSA) is 129 Å². The van der Waals surface area contributed by atoms with Gasteiger partial charge in [-0.2, -0.15) is 0 Å². The van der Waals surface area contributed by atoms with Gasteiger partial charge in [-0.1, -0.05) is 88.4 Å². The van der Waals surface area contributed by atoms with Crippen LogP contribution < -0.4 is 16.0 Å². The number of carbonyl (C=O) groups excluding carboxylic acids is 3. The lowest BCUT2D eigenvalue weighted by atomic mass is 10.0. The van der Waals surface area contributed by atoms with E-state index >= 15 is 0 Å². The van der Waals surface area contributed by atoms with Crippen LogP contribution in [-0.2, 0) is 27.5 Å². The van der Waals surface area contributed by atoms with Crippen LogP contribution in [0.5, 0.6) is 0 Å². The summed E-state index contributed by atoms with van der Waals surface area (Å²) in [5, 5.41) is 19.3. The Bertz CT molecular complexity index is 1110. The minimum Gasteiger partial charge on any atom is -0.445 e. The molecule has 0 radical (unpaired) electrons. The van der Waals surface area contributed by atoms with Gasteiger partial charge >= 0.3 is 12.2 Å². The second-order valence-corrected chi connectivity index (χ2v) is 11.8. The van der Waals surface area contributed by atoms with Crippen LogP contribution in [0.1, 0.15) is 51.7 Å². The van der Waals surface area contributed by atoms with E-state index < -0.39 is 30.4 Å². The molecule has 3 amide bonds. The van der Waals surface area contributed by atoms with E-state index in [1.807, 2.05) is 79.4 Å². The maximum atomic E-state index is 13.2. The van der Waals surface area contributed by atoms with Crippen molar-refractivity contribution in [3.05, 3.63) is 71.8 Å². The summed E-state index contributed by atoms with van der Waals surface area (Å²) in [7, 11) is 0. The first-order valence-electron chi connectivity index (χ1n) is 14.7. The number of carbonyl (C=O) groups is 3. The van der Waals surface area contributed by atoms with E-state index in [0.717, 1.165) is 17.5 Å². The molecule has 1 aliphatic heterocycles. The molecule has 10 nitrogen and oxygen atoms in total. The molecule has 1 aliphatic rings. The smallest absolute Gasteiger partial charge is 0.408 e. The molecular formula is C32H46N4O6. The van der Waals surface area contributed by atoms with Crippen molar-refractivity contribution in [1.29, 1.82) is 0 Å². The van der Waals surface area contributed by atoms with Gasteiger partial charge in [0.15, 0.2) is 0 Å². The molecule has 4 atom stereocenters. The molecule has 1 saturated heterocycles. The van der Waals surface area contributed by atoms with Crippen molar-refractivity contribution in [2.24, 2.45) is 11.8 Å². The first-order chi connectivity index (χ1) is 20.1. The molecule has 42 heavy (non-hydrogen) atoms. The Morgan fingerprint density at radius 3 is 1.86 bits per heavy atom. The largest absolute Gasteiger partial charge is 0.445 e. The highest BCUT2D eigenvalue weighted by Crippen LogP contribution is 2.15. The molecule has 0 saturated carbocycles. The van der Waals surface area contributed by atoms with Crippen molar-refractivity contribution in [2.75, 3.05) is 19.6 Å². The van der Waals surface area contributed by atoms with E-state index in [1.54, 1.807) is 0 Å². The number of aliphatic hydroxyl groups is 1. The summed E-state index contributed by atoms with van der Waals surface area (Å²) in [5.74, 6) is 0.106. The molecule has 4 N–H and O–H groups in total. The number of aliphatic hydroxyl groups excluding tert-OH is 1. The number of rotatable bonds is 14. The van der Waals surface area contributed by atoms with E-state index in [0.29, 0.717) is 32.0 Å². The Labute approximate surface area is 249 Å². The first kappa shape index (κ1) is 32.9. The summed E-state index contributed by atoms with van der Waals surface area (Å²) in [6.07, 6.45) is -0.797. The molecular weight excluding hydrogens is 536 g/mol. The van der Waals surface area contributed by atoms with Crippen LogP contribution in [0.25, 0.3) is 0 Å². The van der Waals surface area contributed by atoms with Crippen LogP contribution in [-0.4, -0.2) is 72.0 Å². The zero-order valence-corrected chi connectivity index (χ0v) is 25.1. The lowest BCUT2D eigenvalue weighted by Gasteiger charge is -2.26. The number of hydrogen-bond acceptors (Lipinski definition) is 7. The molecule has 0 aliphatic carbocycles. The van der Waals surface area contributed by atoms with Crippen molar-refractivity contribution in [1.82, 2.24) is 20.9 Å². The van der Waals surface area contributed by atoms with Crippen LogP contribution in [0, 0.1) is 11.8 Å². The number of β-amino-alcohol motifs (C(OH)–C–C–N with tert-alkyl or cyclic N) is 1. The molecule has 0 aromatic heterocycles. The predicted octanol–water partition coefficient (Wildman–Crippen LogP) is 3.83. The molecule has 3 rings (SSSR count). The molecule has 0 bridgehead atoms. The highest BCUT2D eigenvalue weighted by atomic mass is 16.6. The molecule has 230 valence electrons. The van der Waals surface area contributed by atoms with Gasteiger partial charge in [-0.15, -0.1) is 0 Å². The van der Waals surface area contributed by atoms with Gasteiger partial charge in [-0.25, -0.2) is 9.59 Å². The van der Waals surface area contributed by atoms with Crippen LogP contribution in [0.15, 0.2) is 60.7 Å². The van der Waals surface area contributed by atoms with Crippen LogP contribution >= 0.6 is 0 Å². The van der Waals surface area contributed by atoms with E-state index in [9.17, 15) is 19.5 Å². The standard InChI is InChI=1S/C32H46N4O6/c1-22(2)15-26(33-31(39)41-20-24-11-7-5-8-12-24)17-36-18-28(29(37)19-36)34-30(38)27(16-23(3)4)35-32(40)42-21-25-13-9-6-10-14-25/h5-14,22-23,26-29,37H,15-21H2,1-4H3,(H,33,39)(H,34,38)(H,35,40)/t26-,27-,28?,29?/m0/s1. The van der Waals surface area contributed by atoms with E-state index in [2.05, 4.69) is 29.8 Å². The quantitative estimate of drug-likeness (QED) is 0.266. The van der Waals surface area contributed by atoms with E-state index in [4.69, 9.17) is 9.47 Å². The van der Waals surface area contributed by atoms with Crippen molar-refractivity contribution in [3.63, 3.8) is 0 Å². The fraction of sp³-hybridized carbons (Fsp3) is 0.531. The summed E-state index contributed by atoms with van der Waals surface area (Å²) >= 11 is 0. The Hall–Kier alpha value is -3.63. The molecule has 0 spiro atoms. The number of likely N-dealkylation sites (tertiary alicyclic amines) is 1. The maximum Gasteiger partial charge on any atom is 0.408 e. The summed E-state index contributed by atoms with van der Waals surface area (Å²) < 4.78 is 10.7. The van der Waals surface area contributed by atoms with Crippen molar-refractivity contribution >= 4 is 18.1 Å². The number of benzene rings is 2. The second kappa shape index (κ2) is 16.7. The zero-order valence-electron chi connectivity index (χ0n) is 25.1. The van der Waals surface area contributed by atoms with Gasteiger partial charge in [-0.05, 0) is 35.8 Å². The fourth-order valence-electron chi connectivity index (χ4n) is 5.04. The van der Waals surface area contributed by atoms with Crippen molar-refractivity contribution < 1.29 is 29.0 Å². The van der Waals surface area contributed by atoms with E-state index in [-0.39, 0.29) is 31.1 Å². The minimum absolute atomic E-state index is 0.102. The lowest BCUT2D eigenvalue weighted by molar-refractivity contribution is -0.124. The predicted molar refractivity (Wildman–Crippen MR) is 160 cm³/mol. The average molecular weight is 583 g/mol. The summed E-state index contributed by atoms with van der Waals surface area (Å²) in [4.78, 5) is 40.2. The van der Waals surface area contributed by atoms with Gasteiger partial charge in [0.2, 0.25) is 5.91 Å². The summed E-state index contributed by atoms with van der Waals surface area (Å²) in [6.45, 7) is 9.65. The van der Waals surface area contributed by atoms with Crippen molar-refractivity contribution in [3.8, 4) is 0 Å². The van der Waals surface area contributed by atoms with Crippen LogP contribution in [0.4, 0.5) is 9.59 Å². The normalized spacial score (nSPS) is 18.4. The number of nitrogens with zero attached hydrogens (tertiary/aromatic N) is 1. The van der Waals surface area contributed by atoms with Gasteiger partial charge in [0.05, 0.1) is 12.1 Å². The van der Waals surface area contributed by atoms with Gasteiger partial charge in [0.25, 0.3) is 0 Å². The molecule has 2 aromatic rings. The second-order valence-electron chi connectivity index (χ2n) is 11.8. The molecule has 1 heterocycles. The number of ether oxygens (including phenoxy) is 2. The minimum atomic E-state index is -0.802. The van der Waals surface area contributed by atoms with Gasteiger partial charge < -0.3 is 30.5 Å². The van der Waals surface area contributed by atoms with E-state index in [1.165, 1.54) is 0 Å². The van der Waals surface area contributed by atoms with Gasteiger partial charge in [-0.3, -0.25) is 9.69 Å². The monoisotopic (exact) mass is 582 g/mol. The number of nitrogens with one attached hydrogen (secondary N) is 3. The summed E-state index contributed by atoms with van der Waals surface area (Å²) in [6, 6.07) is 17.3. The Morgan fingerprint density at radius 2 is 1.33 bits per heavy atom. The average Bonchev–Trinajstić information content (AvgIpc) is 3.28. The third-order valence-corrected chi connectivity index (χ3v) is 6.99. The third-order valence-electron chi connectivity index (χ3n) is 6.99. The fourth-order valence-corrected chi connectivity index (χ4v) is 5.04. The zero-order chi connectivity index (χ0) is 30.5. The maximum absolute atomic E-state index is 13.2. The Morgan fingerprint density at radius 1 is 0.810 bits per heavy atom. The Kier molecular flexibility index (Phi) is 13.1.